The molecule has 0 aliphatic rings. The largest absolute Gasteiger partial charge is 0.493 e. The molecule has 0 aliphatic carbocycles. The van der Waals surface area contributed by atoms with E-state index in [1.165, 1.54) is 0 Å². The average Bonchev–Trinajstić information content (AvgIpc) is 3.14. The molecule has 0 aliphatic heterocycles. The summed E-state index contributed by atoms with van der Waals surface area (Å²) in [6, 6.07) is 25.2. The number of rotatable bonds is 6. The zero-order chi connectivity index (χ0) is 18.5. The van der Waals surface area contributed by atoms with Gasteiger partial charge < -0.3 is 10.1 Å². The van der Waals surface area contributed by atoms with Crippen LogP contribution in [0, 0.1) is 0 Å². The third-order valence-electron chi connectivity index (χ3n) is 4.22. The highest BCUT2D eigenvalue weighted by Gasteiger charge is 2.06. The highest BCUT2D eigenvalue weighted by atomic mass is 16.5. The Morgan fingerprint density at radius 3 is 2.48 bits per heavy atom. The van der Waals surface area contributed by atoms with Crippen LogP contribution >= 0.6 is 0 Å². The second kappa shape index (κ2) is 7.74. The summed E-state index contributed by atoms with van der Waals surface area (Å²) in [5.74, 6) is 0.689. The zero-order valence-corrected chi connectivity index (χ0v) is 14.7. The maximum atomic E-state index is 12.1. The molecule has 0 bridgehead atoms. The number of fused-ring (bicyclic) bond motifs is 1. The molecule has 0 unspecified atom stereocenters. The van der Waals surface area contributed by atoms with Crippen LogP contribution in [0.4, 0.5) is 5.69 Å². The second-order valence-electron chi connectivity index (χ2n) is 6.11. The van der Waals surface area contributed by atoms with Crippen molar-refractivity contribution < 1.29 is 9.53 Å². The molecular weight excluding hydrogens is 338 g/mol. The molecule has 134 valence electrons. The Bertz CT molecular complexity index is 1040. The Morgan fingerprint density at radius 2 is 1.67 bits per heavy atom. The molecule has 0 saturated carbocycles. The molecule has 0 saturated heterocycles. The fraction of sp³-hybridized carbons (Fsp3) is 0.0909. The summed E-state index contributed by atoms with van der Waals surface area (Å²) in [5.41, 5.74) is 3.75. The highest BCUT2D eigenvalue weighted by molar-refractivity contribution is 5.90. The number of hydrogen-bond acceptors (Lipinski definition) is 3. The van der Waals surface area contributed by atoms with Crippen molar-refractivity contribution in [3.8, 4) is 11.4 Å². The summed E-state index contributed by atoms with van der Waals surface area (Å²) in [6.07, 6.45) is 2.10. The van der Waals surface area contributed by atoms with E-state index in [2.05, 4.69) is 10.3 Å². The van der Waals surface area contributed by atoms with Gasteiger partial charge in [0.15, 0.2) is 0 Å². The molecule has 0 atom stereocenters. The van der Waals surface area contributed by atoms with Crippen LogP contribution in [0.3, 0.4) is 0 Å². The van der Waals surface area contributed by atoms with Crippen molar-refractivity contribution in [2.45, 2.75) is 6.42 Å². The van der Waals surface area contributed by atoms with Gasteiger partial charge in [-0.3, -0.25) is 9.36 Å². The summed E-state index contributed by atoms with van der Waals surface area (Å²) >= 11 is 0. The van der Waals surface area contributed by atoms with Gasteiger partial charge in [0.2, 0.25) is 5.91 Å². The lowest BCUT2D eigenvalue weighted by atomic mass is 10.2. The Balaban J connectivity index is 1.35. The molecule has 4 rings (SSSR count). The molecule has 1 N–H and O–H groups in total. The predicted molar refractivity (Wildman–Crippen MR) is 106 cm³/mol. The van der Waals surface area contributed by atoms with Crippen molar-refractivity contribution in [1.82, 2.24) is 9.55 Å². The van der Waals surface area contributed by atoms with Crippen LogP contribution in [0.2, 0.25) is 0 Å². The molecule has 3 aromatic carbocycles. The molecule has 1 heterocycles. The quantitative estimate of drug-likeness (QED) is 0.555. The Kier molecular flexibility index (Phi) is 4.83. The number of aromatic nitrogens is 2. The first-order valence-electron chi connectivity index (χ1n) is 8.80. The first kappa shape index (κ1) is 16.8. The van der Waals surface area contributed by atoms with E-state index >= 15 is 0 Å². The van der Waals surface area contributed by atoms with E-state index in [1.807, 2.05) is 83.4 Å². The molecule has 0 fully saturated rings. The van der Waals surface area contributed by atoms with Crippen LogP contribution in [-0.2, 0) is 4.79 Å². The fourth-order valence-electron chi connectivity index (χ4n) is 2.87. The molecule has 27 heavy (non-hydrogen) atoms. The third kappa shape index (κ3) is 3.98. The number of carbonyl (C=O) groups is 1. The number of benzene rings is 3. The average molecular weight is 357 g/mol. The summed E-state index contributed by atoms with van der Waals surface area (Å²) in [7, 11) is 0. The topological polar surface area (TPSA) is 56.1 Å². The number of para-hydroxylation sites is 3. The Morgan fingerprint density at radius 1 is 0.926 bits per heavy atom. The van der Waals surface area contributed by atoms with Gasteiger partial charge >= 0.3 is 0 Å². The maximum Gasteiger partial charge on any atom is 0.227 e. The Hall–Kier alpha value is -3.60. The molecule has 5 nitrogen and oxygen atoms in total. The van der Waals surface area contributed by atoms with Crippen molar-refractivity contribution in [2.75, 3.05) is 11.9 Å². The summed E-state index contributed by atoms with van der Waals surface area (Å²) < 4.78 is 7.57. The standard InChI is InChI=1S/C22H19N3O2/c26-22(14-15-27-19-6-2-1-3-7-19)24-17-10-12-18(13-11-17)25-16-23-20-8-4-5-9-21(20)25/h1-13,16H,14-15H2,(H,24,26). The lowest BCUT2D eigenvalue weighted by molar-refractivity contribution is -0.116. The van der Waals surface area contributed by atoms with Gasteiger partial charge in [0, 0.05) is 11.4 Å². The van der Waals surface area contributed by atoms with E-state index in [1.54, 1.807) is 6.33 Å². The van der Waals surface area contributed by atoms with Crippen molar-refractivity contribution >= 4 is 22.6 Å². The molecule has 0 radical (unpaired) electrons. The molecular formula is C22H19N3O2. The molecule has 1 aromatic heterocycles. The van der Waals surface area contributed by atoms with Crippen LogP contribution in [0.5, 0.6) is 5.75 Å². The van der Waals surface area contributed by atoms with E-state index in [-0.39, 0.29) is 5.91 Å². The second-order valence-corrected chi connectivity index (χ2v) is 6.11. The van der Waals surface area contributed by atoms with Gasteiger partial charge in [0.25, 0.3) is 0 Å². The van der Waals surface area contributed by atoms with E-state index < -0.39 is 0 Å². The Labute approximate surface area is 157 Å². The fourth-order valence-corrected chi connectivity index (χ4v) is 2.87. The maximum absolute atomic E-state index is 12.1. The minimum atomic E-state index is -0.0771. The van der Waals surface area contributed by atoms with Gasteiger partial charge in [-0.25, -0.2) is 4.98 Å². The zero-order valence-electron chi connectivity index (χ0n) is 14.7. The van der Waals surface area contributed by atoms with Gasteiger partial charge in [-0.05, 0) is 48.5 Å². The lowest BCUT2D eigenvalue weighted by Gasteiger charge is -2.09. The van der Waals surface area contributed by atoms with Crippen LogP contribution in [-0.4, -0.2) is 22.1 Å². The van der Waals surface area contributed by atoms with Gasteiger partial charge in [0.05, 0.1) is 24.1 Å². The number of anilines is 1. The lowest BCUT2D eigenvalue weighted by Crippen LogP contribution is -2.15. The van der Waals surface area contributed by atoms with E-state index in [9.17, 15) is 4.79 Å². The first-order chi connectivity index (χ1) is 13.3. The summed E-state index contributed by atoms with van der Waals surface area (Å²) in [6.45, 7) is 0.342. The number of nitrogens with zero attached hydrogens (tertiary/aromatic N) is 2. The molecule has 5 heteroatoms. The molecule has 0 spiro atoms. The smallest absolute Gasteiger partial charge is 0.227 e. The van der Waals surface area contributed by atoms with Gasteiger partial charge in [-0.1, -0.05) is 30.3 Å². The van der Waals surface area contributed by atoms with Gasteiger partial charge in [-0.2, -0.15) is 0 Å². The van der Waals surface area contributed by atoms with Crippen LogP contribution in [0.25, 0.3) is 16.7 Å². The minimum Gasteiger partial charge on any atom is -0.493 e. The van der Waals surface area contributed by atoms with Gasteiger partial charge in [-0.15, -0.1) is 0 Å². The van der Waals surface area contributed by atoms with Gasteiger partial charge in [0.1, 0.15) is 12.1 Å². The SMILES string of the molecule is O=C(CCOc1ccccc1)Nc1ccc(-n2cnc3ccccc32)cc1. The van der Waals surface area contributed by atoms with Crippen molar-refractivity contribution in [1.29, 1.82) is 0 Å². The van der Waals surface area contributed by atoms with Crippen molar-refractivity contribution in [3.63, 3.8) is 0 Å². The number of ether oxygens (including phenoxy) is 1. The molecule has 1 amide bonds. The van der Waals surface area contributed by atoms with Crippen molar-refractivity contribution in [3.05, 3.63) is 85.2 Å². The normalized spacial score (nSPS) is 10.7. The highest BCUT2D eigenvalue weighted by Crippen LogP contribution is 2.19. The minimum absolute atomic E-state index is 0.0771. The summed E-state index contributed by atoms with van der Waals surface area (Å²) in [4.78, 5) is 16.5. The predicted octanol–water partition coefficient (Wildman–Crippen LogP) is 4.43. The van der Waals surface area contributed by atoms with Crippen LogP contribution in [0.15, 0.2) is 85.2 Å². The van der Waals surface area contributed by atoms with Crippen molar-refractivity contribution in [2.24, 2.45) is 0 Å². The third-order valence-corrected chi connectivity index (χ3v) is 4.22. The monoisotopic (exact) mass is 357 g/mol. The summed E-state index contributed by atoms with van der Waals surface area (Å²) in [5, 5.41) is 2.89. The number of imidazole rings is 1. The van der Waals surface area contributed by atoms with E-state index in [0.29, 0.717) is 13.0 Å². The number of carbonyl (C=O) groups excluding carboxylic acids is 1. The molecule has 4 aromatic rings. The van der Waals surface area contributed by atoms with E-state index in [4.69, 9.17) is 4.74 Å². The number of hydrogen-bond donors (Lipinski definition) is 1. The first-order valence-corrected chi connectivity index (χ1v) is 8.80. The van der Waals surface area contributed by atoms with Crippen LogP contribution in [0.1, 0.15) is 6.42 Å². The number of amides is 1. The van der Waals surface area contributed by atoms with Crippen LogP contribution < -0.4 is 10.1 Å². The number of nitrogens with one attached hydrogen (secondary N) is 1. The van der Waals surface area contributed by atoms with E-state index in [0.717, 1.165) is 28.2 Å².